The molecule has 0 aliphatic carbocycles. The zero-order valence-corrected chi connectivity index (χ0v) is 10.8. The Morgan fingerprint density at radius 3 is 2.84 bits per heavy atom. The summed E-state index contributed by atoms with van der Waals surface area (Å²) < 4.78 is 26.9. The molecule has 19 heavy (non-hydrogen) atoms. The summed E-state index contributed by atoms with van der Waals surface area (Å²) in [5, 5.41) is 0. The zero-order valence-electron chi connectivity index (χ0n) is 9.98. The van der Waals surface area contributed by atoms with Crippen LogP contribution in [-0.4, -0.2) is 37.6 Å². The molecule has 6 nitrogen and oxygen atoms in total. The molecule has 0 bridgehead atoms. The zero-order chi connectivity index (χ0) is 13.6. The van der Waals surface area contributed by atoms with Crippen LogP contribution in [0.4, 0.5) is 5.69 Å². The topological polar surface area (TPSA) is 70.1 Å². The third kappa shape index (κ3) is 1.74. The third-order valence-corrected chi connectivity index (χ3v) is 4.00. The first kappa shape index (κ1) is 11.9. The number of para-hydroxylation sites is 1. The molecule has 1 aromatic rings. The van der Waals surface area contributed by atoms with E-state index in [1.54, 1.807) is 35.2 Å². The van der Waals surface area contributed by atoms with Gasteiger partial charge in [0.2, 0.25) is 5.96 Å². The first-order valence-electron chi connectivity index (χ1n) is 5.65. The quantitative estimate of drug-likeness (QED) is 0.749. The number of benzene rings is 1. The number of carbonyl (C=O) groups excluding carboxylic acids is 1. The van der Waals surface area contributed by atoms with Crippen molar-refractivity contribution in [2.75, 3.05) is 17.3 Å². The number of guanidine groups is 1. The third-order valence-electron chi connectivity index (χ3n) is 2.98. The van der Waals surface area contributed by atoms with Crippen molar-refractivity contribution in [2.24, 2.45) is 4.40 Å². The molecule has 0 fully saturated rings. The molecule has 0 saturated carbocycles. The van der Waals surface area contributed by atoms with Crippen LogP contribution in [0.25, 0.3) is 0 Å². The summed E-state index contributed by atoms with van der Waals surface area (Å²) in [6.45, 7) is 4.03. The van der Waals surface area contributed by atoms with Gasteiger partial charge in [0.15, 0.2) is 5.88 Å². The van der Waals surface area contributed by atoms with Crippen molar-refractivity contribution in [2.45, 2.75) is 0 Å². The van der Waals surface area contributed by atoms with Gasteiger partial charge in [-0.15, -0.1) is 11.0 Å². The lowest BCUT2D eigenvalue weighted by atomic mass is 10.1. The Bertz CT molecular complexity index is 709. The normalized spacial score (nSPS) is 19.8. The van der Waals surface area contributed by atoms with Crippen LogP contribution >= 0.6 is 0 Å². The number of hydrogen-bond acceptors (Lipinski definition) is 4. The number of hydrogen-bond donors (Lipinski definition) is 0. The van der Waals surface area contributed by atoms with E-state index in [-0.39, 0.29) is 11.9 Å². The standard InChI is InChI=1S/C12H11N3O3S/c1-2-7-14-10-6-4-3-5-9(10)11(16)15-8-19(17,18)13-12(14)15/h2-6H,1,7-8H2. The maximum atomic E-state index is 12.3. The van der Waals surface area contributed by atoms with Crippen LogP contribution < -0.4 is 4.90 Å². The molecular formula is C12H11N3O3S. The lowest BCUT2D eigenvalue weighted by Gasteiger charge is -2.34. The molecule has 1 aromatic carbocycles. The van der Waals surface area contributed by atoms with Gasteiger partial charge in [0.25, 0.3) is 15.9 Å². The van der Waals surface area contributed by atoms with Crippen LogP contribution in [0.1, 0.15) is 10.4 Å². The Kier molecular flexibility index (Phi) is 2.46. The van der Waals surface area contributed by atoms with Crippen molar-refractivity contribution in [3.05, 3.63) is 42.5 Å². The Hall–Kier alpha value is -2.15. The molecule has 2 heterocycles. The fourth-order valence-electron chi connectivity index (χ4n) is 2.22. The van der Waals surface area contributed by atoms with Gasteiger partial charge in [-0.05, 0) is 12.1 Å². The van der Waals surface area contributed by atoms with Crippen molar-refractivity contribution in [1.82, 2.24) is 4.90 Å². The molecule has 1 amide bonds. The van der Waals surface area contributed by atoms with Gasteiger partial charge in [-0.3, -0.25) is 9.69 Å². The minimum atomic E-state index is -3.61. The highest BCUT2D eigenvalue weighted by molar-refractivity contribution is 7.90. The second kappa shape index (κ2) is 3.92. The molecule has 0 atom stereocenters. The van der Waals surface area contributed by atoms with Gasteiger partial charge < -0.3 is 4.90 Å². The van der Waals surface area contributed by atoms with E-state index >= 15 is 0 Å². The van der Waals surface area contributed by atoms with Crippen molar-refractivity contribution in [1.29, 1.82) is 0 Å². The predicted octanol–water partition coefficient (Wildman–Crippen LogP) is 0.792. The Morgan fingerprint density at radius 1 is 1.37 bits per heavy atom. The van der Waals surface area contributed by atoms with Crippen molar-refractivity contribution in [3.63, 3.8) is 0 Å². The van der Waals surface area contributed by atoms with E-state index in [1.165, 1.54) is 4.90 Å². The van der Waals surface area contributed by atoms with E-state index in [2.05, 4.69) is 11.0 Å². The highest BCUT2D eigenvalue weighted by Crippen LogP contribution is 2.31. The number of nitrogens with zero attached hydrogens (tertiary/aromatic N) is 3. The molecule has 0 aromatic heterocycles. The Morgan fingerprint density at radius 2 is 2.11 bits per heavy atom. The molecule has 0 spiro atoms. The average molecular weight is 277 g/mol. The molecule has 2 aliphatic rings. The summed E-state index contributed by atoms with van der Waals surface area (Å²) >= 11 is 0. The fraction of sp³-hybridized carbons (Fsp3) is 0.167. The van der Waals surface area contributed by atoms with Crippen LogP contribution in [0.3, 0.4) is 0 Å². The van der Waals surface area contributed by atoms with Crippen LogP contribution in [0.5, 0.6) is 0 Å². The first-order chi connectivity index (χ1) is 9.03. The molecule has 0 radical (unpaired) electrons. The summed E-state index contributed by atoms with van der Waals surface area (Å²) in [7, 11) is -3.61. The SMILES string of the molecule is C=CCN1C2=NS(=O)(=O)CN2C(=O)c2ccccc21. The number of fused-ring (bicyclic) bond motifs is 2. The number of anilines is 1. The minimum Gasteiger partial charge on any atom is -0.307 e. The minimum absolute atomic E-state index is 0.156. The predicted molar refractivity (Wildman–Crippen MR) is 71.4 cm³/mol. The smallest absolute Gasteiger partial charge is 0.275 e. The fourth-order valence-corrected chi connectivity index (χ4v) is 3.28. The van der Waals surface area contributed by atoms with Gasteiger partial charge in [-0.25, -0.2) is 8.42 Å². The number of sulfonamides is 1. The van der Waals surface area contributed by atoms with Crippen LogP contribution in [0.15, 0.2) is 41.3 Å². The van der Waals surface area contributed by atoms with E-state index in [1.807, 2.05) is 0 Å². The van der Waals surface area contributed by atoms with Crippen molar-refractivity contribution >= 4 is 27.6 Å². The molecule has 7 heteroatoms. The summed E-state index contributed by atoms with van der Waals surface area (Å²) in [6.07, 6.45) is 1.64. The lowest BCUT2D eigenvalue weighted by Crippen LogP contribution is -2.50. The monoisotopic (exact) mass is 277 g/mol. The van der Waals surface area contributed by atoms with Crippen LogP contribution in [0.2, 0.25) is 0 Å². The van der Waals surface area contributed by atoms with Gasteiger partial charge in [-0.2, -0.15) is 0 Å². The lowest BCUT2D eigenvalue weighted by molar-refractivity contribution is 0.0860. The summed E-state index contributed by atoms with van der Waals surface area (Å²) in [6, 6.07) is 6.98. The van der Waals surface area contributed by atoms with E-state index in [0.29, 0.717) is 17.8 Å². The largest absolute Gasteiger partial charge is 0.307 e. The molecule has 0 unspecified atom stereocenters. The average Bonchev–Trinajstić information content (AvgIpc) is 2.70. The number of amides is 1. The number of carbonyl (C=O) groups is 1. The van der Waals surface area contributed by atoms with Crippen molar-refractivity contribution in [3.8, 4) is 0 Å². The van der Waals surface area contributed by atoms with Crippen molar-refractivity contribution < 1.29 is 13.2 Å². The summed E-state index contributed by atoms with van der Waals surface area (Å²) in [4.78, 5) is 15.1. The molecule has 98 valence electrons. The Balaban J connectivity index is 2.22. The van der Waals surface area contributed by atoms with Gasteiger partial charge in [0.05, 0.1) is 11.3 Å². The van der Waals surface area contributed by atoms with Gasteiger partial charge in [0, 0.05) is 6.54 Å². The van der Waals surface area contributed by atoms with E-state index in [4.69, 9.17) is 0 Å². The second-order valence-electron chi connectivity index (χ2n) is 4.25. The maximum Gasteiger partial charge on any atom is 0.275 e. The van der Waals surface area contributed by atoms with E-state index < -0.39 is 15.9 Å². The highest BCUT2D eigenvalue weighted by Gasteiger charge is 2.41. The van der Waals surface area contributed by atoms with E-state index in [9.17, 15) is 13.2 Å². The summed E-state index contributed by atoms with van der Waals surface area (Å²) in [5.74, 6) is -0.581. The van der Waals surface area contributed by atoms with Gasteiger partial charge >= 0.3 is 0 Å². The molecule has 0 saturated heterocycles. The maximum absolute atomic E-state index is 12.3. The summed E-state index contributed by atoms with van der Waals surface area (Å²) in [5.41, 5.74) is 1.12. The van der Waals surface area contributed by atoms with Crippen LogP contribution in [0, 0.1) is 0 Å². The second-order valence-corrected chi connectivity index (χ2v) is 5.86. The molecule has 2 aliphatic heterocycles. The Labute approximate surface area is 110 Å². The van der Waals surface area contributed by atoms with E-state index in [0.717, 1.165) is 0 Å². The first-order valence-corrected chi connectivity index (χ1v) is 7.26. The molecule has 0 N–H and O–H groups in total. The molecule has 3 rings (SSSR count). The van der Waals surface area contributed by atoms with Gasteiger partial charge in [0.1, 0.15) is 0 Å². The van der Waals surface area contributed by atoms with Crippen LogP contribution in [-0.2, 0) is 10.0 Å². The molecular weight excluding hydrogens is 266 g/mol. The highest BCUT2D eigenvalue weighted by atomic mass is 32.2. The number of rotatable bonds is 2. The van der Waals surface area contributed by atoms with Gasteiger partial charge in [-0.1, -0.05) is 18.2 Å².